The van der Waals surface area contributed by atoms with E-state index in [9.17, 15) is 0 Å². The van der Waals surface area contributed by atoms with Crippen LogP contribution in [0.15, 0.2) is 24.5 Å². The minimum atomic E-state index is 0. The van der Waals surface area contributed by atoms with E-state index in [0.29, 0.717) is 0 Å². The van der Waals surface area contributed by atoms with E-state index in [1.165, 1.54) is 0 Å². The number of hydrogen-bond acceptors (Lipinski definition) is 0. The van der Waals surface area contributed by atoms with Gasteiger partial charge in [0.15, 0.2) is 0 Å². The average molecular weight is 163 g/mol. The first kappa shape index (κ1) is 5.97. The van der Waals surface area contributed by atoms with Gasteiger partial charge in [-0.05, 0) is 12.1 Å². The first-order valence-electron chi connectivity index (χ1n) is 1.58. The fourth-order valence-electron chi connectivity index (χ4n) is 0.278. The van der Waals surface area contributed by atoms with Crippen molar-refractivity contribution in [3.63, 3.8) is 0 Å². The van der Waals surface area contributed by atoms with Gasteiger partial charge in [0, 0.05) is 12.4 Å². The molecular formula is C4H5MoN+4. The topological polar surface area (TPSA) is 15.8 Å². The van der Waals surface area contributed by atoms with Gasteiger partial charge in [-0.1, -0.05) is 0 Å². The summed E-state index contributed by atoms with van der Waals surface area (Å²) in [6.45, 7) is 0. The van der Waals surface area contributed by atoms with Gasteiger partial charge in [0.25, 0.3) is 0 Å². The Hall–Kier alpha value is -0.0317. The molecule has 1 nitrogen and oxygen atoms in total. The van der Waals surface area contributed by atoms with Crippen molar-refractivity contribution in [3.8, 4) is 0 Å². The number of hydrogen-bond donors (Lipinski definition) is 1. The quantitative estimate of drug-likeness (QED) is 0.549. The molecule has 0 fully saturated rings. The van der Waals surface area contributed by atoms with Gasteiger partial charge in [0.2, 0.25) is 0 Å². The largest absolute Gasteiger partial charge is 4.00 e. The molecule has 0 unspecified atom stereocenters. The summed E-state index contributed by atoms with van der Waals surface area (Å²) in [6.07, 6.45) is 3.75. The maximum absolute atomic E-state index is 2.86. The van der Waals surface area contributed by atoms with Crippen LogP contribution in [-0.2, 0) is 21.1 Å². The molecule has 0 aliphatic rings. The van der Waals surface area contributed by atoms with E-state index in [1.807, 2.05) is 24.5 Å². The van der Waals surface area contributed by atoms with Crippen LogP contribution in [0.5, 0.6) is 0 Å². The van der Waals surface area contributed by atoms with Gasteiger partial charge in [-0.25, -0.2) is 0 Å². The van der Waals surface area contributed by atoms with Crippen LogP contribution in [-0.4, -0.2) is 4.98 Å². The van der Waals surface area contributed by atoms with E-state index in [4.69, 9.17) is 0 Å². The summed E-state index contributed by atoms with van der Waals surface area (Å²) in [6, 6.07) is 3.89. The molecule has 1 aromatic rings. The molecule has 0 aliphatic heterocycles. The van der Waals surface area contributed by atoms with E-state index >= 15 is 0 Å². The van der Waals surface area contributed by atoms with E-state index in [0.717, 1.165) is 0 Å². The third kappa shape index (κ3) is 1.42. The standard InChI is InChI=1S/C4H5N.Mo/c1-2-4-5-3-1;/h1-5H;/q;+4. The Morgan fingerprint density at radius 1 is 1.00 bits per heavy atom. The molecule has 1 rings (SSSR count). The maximum Gasteiger partial charge on any atom is 4.00 e. The molecule has 0 bridgehead atoms. The molecule has 0 radical (unpaired) electrons. The minimum absolute atomic E-state index is 0. The van der Waals surface area contributed by atoms with Crippen LogP contribution in [0, 0.1) is 0 Å². The zero-order chi connectivity index (χ0) is 3.54. The van der Waals surface area contributed by atoms with Gasteiger partial charge < -0.3 is 4.98 Å². The number of aromatic nitrogens is 1. The molecule has 1 heterocycles. The van der Waals surface area contributed by atoms with E-state index in [1.54, 1.807) is 0 Å². The SMILES string of the molecule is [Mo+4].c1cc[nH]c1. The van der Waals surface area contributed by atoms with E-state index in [2.05, 4.69) is 4.98 Å². The van der Waals surface area contributed by atoms with Crippen LogP contribution < -0.4 is 0 Å². The molecule has 0 aliphatic carbocycles. The summed E-state index contributed by atoms with van der Waals surface area (Å²) < 4.78 is 0. The fraction of sp³-hybridized carbons (Fsp3) is 0. The number of H-pyrrole nitrogens is 1. The van der Waals surface area contributed by atoms with Crippen molar-refractivity contribution in [1.82, 2.24) is 4.98 Å². The molecule has 0 amide bonds. The average Bonchev–Trinajstić information content (AvgIpc) is 1.76. The van der Waals surface area contributed by atoms with Crippen molar-refractivity contribution in [2.24, 2.45) is 0 Å². The van der Waals surface area contributed by atoms with E-state index in [-0.39, 0.29) is 21.1 Å². The Morgan fingerprint density at radius 3 is 1.67 bits per heavy atom. The predicted molar refractivity (Wildman–Crippen MR) is 20.8 cm³/mol. The van der Waals surface area contributed by atoms with Crippen molar-refractivity contribution in [2.45, 2.75) is 0 Å². The Morgan fingerprint density at radius 2 is 1.50 bits per heavy atom. The second-order valence-corrected chi connectivity index (χ2v) is 0.885. The maximum atomic E-state index is 2.86. The Bertz CT molecular complexity index is 64.0. The zero-order valence-electron chi connectivity index (χ0n) is 3.22. The molecule has 1 aromatic heterocycles. The van der Waals surface area contributed by atoms with Crippen LogP contribution in [0.2, 0.25) is 0 Å². The van der Waals surface area contributed by atoms with Crippen molar-refractivity contribution in [3.05, 3.63) is 24.5 Å². The normalized spacial score (nSPS) is 6.67. The summed E-state index contributed by atoms with van der Waals surface area (Å²) >= 11 is 0. The van der Waals surface area contributed by atoms with Gasteiger partial charge in [-0.15, -0.1) is 0 Å². The van der Waals surface area contributed by atoms with Crippen LogP contribution >= 0.6 is 0 Å². The Balaban J connectivity index is 0.000000250. The molecule has 0 atom stereocenters. The smallest absolute Gasteiger partial charge is 0.368 e. The van der Waals surface area contributed by atoms with Crippen molar-refractivity contribution in [1.29, 1.82) is 0 Å². The first-order valence-corrected chi connectivity index (χ1v) is 1.58. The second kappa shape index (κ2) is 3.17. The molecule has 6 heavy (non-hydrogen) atoms. The zero-order valence-corrected chi connectivity index (χ0v) is 5.22. The van der Waals surface area contributed by atoms with Crippen LogP contribution in [0.1, 0.15) is 0 Å². The van der Waals surface area contributed by atoms with Gasteiger partial charge in [-0.2, -0.15) is 0 Å². The molecule has 0 spiro atoms. The van der Waals surface area contributed by atoms with Crippen LogP contribution in [0.3, 0.4) is 0 Å². The molecule has 1 N–H and O–H groups in total. The van der Waals surface area contributed by atoms with Gasteiger partial charge >= 0.3 is 21.1 Å². The van der Waals surface area contributed by atoms with Crippen molar-refractivity contribution < 1.29 is 21.1 Å². The van der Waals surface area contributed by atoms with Crippen LogP contribution in [0.4, 0.5) is 0 Å². The number of nitrogens with one attached hydrogen (secondary N) is 1. The number of rotatable bonds is 0. The molecular weight excluding hydrogens is 158 g/mol. The first-order chi connectivity index (χ1) is 2.50. The van der Waals surface area contributed by atoms with E-state index < -0.39 is 0 Å². The summed E-state index contributed by atoms with van der Waals surface area (Å²) in [5.74, 6) is 0. The molecule has 0 saturated carbocycles. The Labute approximate surface area is 51.0 Å². The summed E-state index contributed by atoms with van der Waals surface area (Å²) in [5.41, 5.74) is 0. The Kier molecular flexibility index (Phi) is 3.15. The fourth-order valence-corrected chi connectivity index (χ4v) is 0.278. The van der Waals surface area contributed by atoms with Crippen LogP contribution in [0.25, 0.3) is 0 Å². The number of aromatic amines is 1. The van der Waals surface area contributed by atoms with Gasteiger partial charge in [-0.3, -0.25) is 0 Å². The monoisotopic (exact) mass is 165 g/mol. The van der Waals surface area contributed by atoms with Gasteiger partial charge in [0.1, 0.15) is 0 Å². The van der Waals surface area contributed by atoms with Gasteiger partial charge in [0.05, 0.1) is 0 Å². The summed E-state index contributed by atoms with van der Waals surface area (Å²) in [7, 11) is 0. The molecule has 28 valence electrons. The summed E-state index contributed by atoms with van der Waals surface area (Å²) in [4.78, 5) is 2.86. The third-order valence-electron chi connectivity index (χ3n) is 0.496. The second-order valence-electron chi connectivity index (χ2n) is 0.885. The predicted octanol–water partition coefficient (Wildman–Crippen LogP) is 1.01. The van der Waals surface area contributed by atoms with Crippen molar-refractivity contribution in [2.75, 3.05) is 0 Å². The van der Waals surface area contributed by atoms with Crippen molar-refractivity contribution >= 4 is 0 Å². The molecule has 0 saturated heterocycles. The molecule has 2 heteroatoms. The minimum Gasteiger partial charge on any atom is -0.368 e. The molecule has 0 aromatic carbocycles. The summed E-state index contributed by atoms with van der Waals surface area (Å²) in [5, 5.41) is 0. The third-order valence-corrected chi connectivity index (χ3v) is 0.496.